The first-order chi connectivity index (χ1) is 3.29. The van der Waals surface area contributed by atoms with Gasteiger partial charge in [-0.2, -0.15) is 0 Å². The Bertz CT molecular complexity index is 144. The minimum absolute atomic E-state index is 0.0995. The van der Waals surface area contributed by atoms with Crippen molar-refractivity contribution in [2.45, 2.75) is 6.92 Å². The van der Waals surface area contributed by atoms with Gasteiger partial charge in [-0.1, -0.05) is 11.3 Å². The van der Waals surface area contributed by atoms with Crippen molar-refractivity contribution in [2.75, 3.05) is 0 Å². The summed E-state index contributed by atoms with van der Waals surface area (Å²) in [7, 11) is 0. The number of hydrogen-bond donors (Lipinski definition) is 0. The summed E-state index contributed by atoms with van der Waals surface area (Å²) in [5, 5.41) is 11.8. The summed E-state index contributed by atoms with van der Waals surface area (Å²) in [6, 6.07) is 0. The normalized spacial score (nSPS) is 9.29. The molecule has 0 saturated heterocycles. The van der Waals surface area contributed by atoms with Crippen LogP contribution in [0.4, 0.5) is 0 Å². The predicted octanol–water partition coefficient (Wildman–Crippen LogP) is 1.60. The van der Waals surface area contributed by atoms with Crippen molar-refractivity contribution in [3.63, 3.8) is 0 Å². The van der Waals surface area contributed by atoms with Crippen molar-refractivity contribution >= 4 is 11.3 Å². The average molecular weight is 114 g/mol. The average Bonchev–Trinajstić information content (AvgIpc) is 1.87. The van der Waals surface area contributed by atoms with Crippen molar-refractivity contribution in [3.05, 3.63) is 11.1 Å². The zero-order valence-corrected chi connectivity index (χ0v) is 4.66. The lowest BCUT2D eigenvalue weighted by Gasteiger charge is -1.67. The molecule has 0 spiro atoms. The fourth-order valence-electron chi connectivity index (χ4n) is 0.332. The van der Waals surface area contributed by atoms with Crippen LogP contribution in [0.15, 0.2) is 5.38 Å². The second-order valence-electron chi connectivity index (χ2n) is 1.25. The molecule has 1 aromatic heterocycles. The quantitative estimate of drug-likeness (QED) is 0.504. The van der Waals surface area contributed by atoms with Crippen LogP contribution >= 0.6 is 11.3 Å². The van der Waals surface area contributed by atoms with Gasteiger partial charge in [-0.25, -0.2) is 4.98 Å². The lowest BCUT2D eigenvalue weighted by molar-refractivity contribution is 0.351. The SMILES string of the molecule is Cc1csc([O])n1. The van der Waals surface area contributed by atoms with Gasteiger partial charge in [0.1, 0.15) is 0 Å². The summed E-state index contributed by atoms with van der Waals surface area (Å²) in [6.07, 6.45) is 0. The fraction of sp³-hybridized carbons (Fsp3) is 0.250. The molecule has 3 heteroatoms. The minimum atomic E-state index is -0.0995. The molecule has 1 aromatic rings. The van der Waals surface area contributed by atoms with Crippen molar-refractivity contribution in [1.29, 1.82) is 0 Å². The van der Waals surface area contributed by atoms with E-state index in [0.29, 0.717) is 0 Å². The second-order valence-corrected chi connectivity index (χ2v) is 2.08. The highest BCUT2D eigenvalue weighted by Crippen LogP contribution is 2.14. The molecule has 0 bridgehead atoms. The van der Waals surface area contributed by atoms with Crippen LogP contribution in [0.1, 0.15) is 5.69 Å². The highest BCUT2D eigenvalue weighted by Gasteiger charge is 1.91. The Morgan fingerprint density at radius 2 is 2.57 bits per heavy atom. The van der Waals surface area contributed by atoms with Gasteiger partial charge in [0.2, 0.25) is 0 Å². The first-order valence-corrected chi connectivity index (χ1v) is 2.76. The summed E-state index contributed by atoms with van der Waals surface area (Å²) in [4.78, 5) is 3.57. The molecule has 1 radical (unpaired) electrons. The van der Waals surface area contributed by atoms with Gasteiger partial charge in [-0.05, 0) is 6.92 Å². The van der Waals surface area contributed by atoms with E-state index in [1.165, 1.54) is 0 Å². The van der Waals surface area contributed by atoms with Crippen LogP contribution in [0.5, 0.6) is 5.19 Å². The molecule has 0 aliphatic carbocycles. The Labute approximate surface area is 45.5 Å². The van der Waals surface area contributed by atoms with E-state index in [9.17, 15) is 5.11 Å². The van der Waals surface area contributed by atoms with Gasteiger partial charge in [0, 0.05) is 5.38 Å². The van der Waals surface area contributed by atoms with Crippen LogP contribution in [-0.2, 0) is 5.11 Å². The highest BCUT2D eigenvalue weighted by molar-refractivity contribution is 7.11. The number of aromatic nitrogens is 1. The molecule has 0 fully saturated rings. The molecule has 0 saturated carbocycles. The summed E-state index contributed by atoms with van der Waals surface area (Å²) in [5.74, 6) is 0. The molecule has 0 N–H and O–H groups in total. The van der Waals surface area contributed by atoms with Crippen molar-refractivity contribution in [2.24, 2.45) is 0 Å². The molecule has 0 aliphatic rings. The van der Waals surface area contributed by atoms with Gasteiger partial charge < -0.3 is 0 Å². The maximum Gasteiger partial charge on any atom is 0.326 e. The minimum Gasteiger partial charge on any atom is -0.255 e. The first-order valence-electron chi connectivity index (χ1n) is 1.88. The zero-order chi connectivity index (χ0) is 5.28. The predicted molar refractivity (Wildman–Crippen MR) is 27.0 cm³/mol. The monoisotopic (exact) mass is 114 g/mol. The summed E-state index contributed by atoms with van der Waals surface area (Å²) >= 11 is 1.14. The van der Waals surface area contributed by atoms with Crippen LogP contribution in [0.2, 0.25) is 0 Å². The van der Waals surface area contributed by atoms with E-state index in [1.54, 1.807) is 12.3 Å². The Hall–Kier alpha value is -0.570. The van der Waals surface area contributed by atoms with Crippen molar-refractivity contribution in [1.82, 2.24) is 4.98 Å². The molecule has 2 nitrogen and oxygen atoms in total. The zero-order valence-electron chi connectivity index (χ0n) is 3.84. The molecule has 7 heavy (non-hydrogen) atoms. The largest absolute Gasteiger partial charge is 0.326 e. The third-order valence-corrected chi connectivity index (χ3v) is 1.35. The third kappa shape index (κ3) is 0.899. The third-order valence-electron chi connectivity index (χ3n) is 0.598. The molecular weight excluding hydrogens is 110 g/mol. The maximum atomic E-state index is 10.2. The molecule has 0 aliphatic heterocycles. The van der Waals surface area contributed by atoms with Gasteiger partial charge in [0.25, 0.3) is 0 Å². The van der Waals surface area contributed by atoms with E-state index in [1.807, 2.05) is 0 Å². The van der Waals surface area contributed by atoms with Crippen LogP contribution in [-0.4, -0.2) is 4.98 Å². The smallest absolute Gasteiger partial charge is 0.255 e. The van der Waals surface area contributed by atoms with E-state index in [4.69, 9.17) is 0 Å². The van der Waals surface area contributed by atoms with E-state index in [2.05, 4.69) is 4.98 Å². The van der Waals surface area contributed by atoms with Crippen LogP contribution in [0.25, 0.3) is 0 Å². The second kappa shape index (κ2) is 1.50. The topological polar surface area (TPSA) is 32.8 Å². The molecule has 0 aromatic carbocycles. The van der Waals surface area contributed by atoms with Crippen LogP contribution in [0.3, 0.4) is 0 Å². The van der Waals surface area contributed by atoms with Crippen molar-refractivity contribution in [3.8, 4) is 5.19 Å². The molecule has 0 unspecified atom stereocenters. The summed E-state index contributed by atoms with van der Waals surface area (Å²) in [5.41, 5.74) is 0.815. The van der Waals surface area contributed by atoms with Gasteiger partial charge in [-0.15, -0.1) is 0 Å². The fourth-order valence-corrected chi connectivity index (χ4v) is 0.853. The first kappa shape index (κ1) is 4.59. The molecule has 37 valence electrons. The lowest BCUT2D eigenvalue weighted by atomic mass is 10.6. The number of hydrogen-bond acceptors (Lipinski definition) is 2. The molecule has 0 atom stereocenters. The number of nitrogens with zero attached hydrogens (tertiary/aromatic N) is 1. The van der Waals surface area contributed by atoms with E-state index in [-0.39, 0.29) is 5.19 Å². The van der Waals surface area contributed by atoms with Gasteiger partial charge in [0.15, 0.2) is 0 Å². The Balaban J connectivity index is 3.04. The molecular formula is C4H4NOS. The van der Waals surface area contributed by atoms with Gasteiger partial charge in [0.05, 0.1) is 5.69 Å². The molecule has 1 heterocycles. The standard InChI is InChI=1S/C4H4NOS/c1-3-2-7-4(6)5-3/h2H,1H3. The number of rotatable bonds is 0. The summed E-state index contributed by atoms with van der Waals surface area (Å²) < 4.78 is 0. The van der Waals surface area contributed by atoms with Crippen LogP contribution in [0, 0.1) is 6.92 Å². The Morgan fingerprint density at radius 3 is 2.71 bits per heavy atom. The number of thiazole rings is 1. The summed E-state index contributed by atoms with van der Waals surface area (Å²) in [6.45, 7) is 1.80. The lowest BCUT2D eigenvalue weighted by Crippen LogP contribution is -1.62. The molecule has 0 amide bonds. The molecule has 1 rings (SSSR count). The van der Waals surface area contributed by atoms with Gasteiger partial charge >= 0.3 is 5.19 Å². The van der Waals surface area contributed by atoms with E-state index in [0.717, 1.165) is 17.0 Å². The van der Waals surface area contributed by atoms with Gasteiger partial charge in [-0.3, -0.25) is 5.11 Å². The Kier molecular flexibility index (Phi) is 0.982. The Morgan fingerprint density at radius 1 is 1.86 bits per heavy atom. The number of aryl methyl sites for hydroxylation is 1. The van der Waals surface area contributed by atoms with Crippen LogP contribution < -0.4 is 0 Å². The highest BCUT2D eigenvalue weighted by atomic mass is 32.1. The van der Waals surface area contributed by atoms with Crippen molar-refractivity contribution < 1.29 is 5.11 Å². The maximum absolute atomic E-state index is 10.2. The van der Waals surface area contributed by atoms with E-state index >= 15 is 0 Å². The van der Waals surface area contributed by atoms with E-state index < -0.39 is 0 Å².